The maximum atomic E-state index is 14.6. The van der Waals surface area contributed by atoms with Gasteiger partial charge < -0.3 is 14.2 Å². The average Bonchev–Trinajstić information content (AvgIpc) is 3.29. The lowest BCUT2D eigenvalue weighted by Gasteiger charge is -2.30. The normalized spacial score (nSPS) is 14.7. The second kappa shape index (κ2) is 9.64. The Balaban J connectivity index is 1.37. The van der Waals surface area contributed by atoms with Crippen LogP contribution in [0.25, 0.3) is 11.1 Å². The third kappa shape index (κ3) is 5.02. The van der Waals surface area contributed by atoms with Crippen LogP contribution in [0.15, 0.2) is 34.9 Å². The third-order valence-corrected chi connectivity index (χ3v) is 5.73. The third-order valence-electron chi connectivity index (χ3n) is 5.73. The summed E-state index contributed by atoms with van der Waals surface area (Å²) < 4.78 is 54.2. The van der Waals surface area contributed by atoms with Crippen molar-refractivity contribution in [2.75, 3.05) is 24.6 Å². The molecule has 2 heterocycles. The number of aromatic nitrogens is 2. The second-order valence-corrected chi connectivity index (χ2v) is 8.46. The lowest BCUT2D eigenvalue weighted by molar-refractivity contribution is 0.112. The van der Waals surface area contributed by atoms with Gasteiger partial charge in [-0.1, -0.05) is 31.1 Å². The molecule has 1 aliphatic rings. The number of aldehydes is 1. The van der Waals surface area contributed by atoms with E-state index in [2.05, 4.69) is 10.1 Å². The molecule has 0 atom stereocenters. The Morgan fingerprint density at radius 1 is 1.12 bits per heavy atom. The Hall–Kier alpha value is -3.36. The molecule has 1 fully saturated rings. The maximum absolute atomic E-state index is 14.6. The summed E-state index contributed by atoms with van der Waals surface area (Å²) in [6, 6.07) is 6.26. The monoisotopic (exact) mass is 459 g/mol. The highest BCUT2D eigenvalue weighted by molar-refractivity contribution is 5.77. The van der Waals surface area contributed by atoms with Crippen molar-refractivity contribution in [2.45, 2.75) is 32.6 Å². The zero-order chi connectivity index (χ0) is 23.5. The number of carbonyl (C=O) groups is 1. The summed E-state index contributed by atoms with van der Waals surface area (Å²) in [6.45, 7) is 5.48. The average molecular weight is 459 g/mol. The SMILES string of the molecule is CC(C)c1noc(N2CCC(COc3c(F)cc(-c4ccc(C=O)cc4F)cc3F)CC2)n1. The van der Waals surface area contributed by atoms with E-state index in [9.17, 15) is 18.0 Å². The Morgan fingerprint density at radius 2 is 1.82 bits per heavy atom. The van der Waals surface area contributed by atoms with E-state index in [1.807, 2.05) is 18.7 Å². The first-order chi connectivity index (χ1) is 15.9. The van der Waals surface area contributed by atoms with Crippen molar-refractivity contribution >= 4 is 12.3 Å². The molecule has 1 saturated heterocycles. The maximum Gasteiger partial charge on any atom is 0.324 e. The number of halogens is 3. The molecule has 0 saturated carbocycles. The molecule has 0 radical (unpaired) electrons. The molecule has 0 bridgehead atoms. The Bertz CT molecular complexity index is 1120. The van der Waals surface area contributed by atoms with Crippen LogP contribution in [0.4, 0.5) is 19.2 Å². The van der Waals surface area contributed by atoms with E-state index in [0.717, 1.165) is 31.0 Å². The number of anilines is 1. The van der Waals surface area contributed by atoms with Crippen LogP contribution in [0.5, 0.6) is 5.75 Å². The zero-order valence-electron chi connectivity index (χ0n) is 18.4. The van der Waals surface area contributed by atoms with E-state index < -0.39 is 23.2 Å². The molecule has 0 unspecified atom stereocenters. The molecule has 0 amide bonds. The molecule has 4 rings (SSSR count). The molecule has 9 heteroatoms. The van der Waals surface area contributed by atoms with E-state index in [1.165, 1.54) is 12.1 Å². The number of piperidine rings is 1. The van der Waals surface area contributed by atoms with Crippen LogP contribution in [0.2, 0.25) is 0 Å². The first-order valence-electron chi connectivity index (χ1n) is 10.8. The predicted octanol–water partition coefficient (Wildman–Crippen LogP) is 5.39. The fraction of sp³-hybridized carbons (Fsp3) is 0.375. The largest absolute Gasteiger partial charge is 0.487 e. The van der Waals surface area contributed by atoms with Gasteiger partial charge in [0, 0.05) is 30.1 Å². The van der Waals surface area contributed by atoms with Gasteiger partial charge in [-0.05, 0) is 42.5 Å². The predicted molar refractivity (Wildman–Crippen MR) is 116 cm³/mol. The number of hydrogen-bond donors (Lipinski definition) is 0. The molecule has 3 aromatic rings. The number of ether oxygens (including phenoxy) is 1. The molecular weight excluding hydrogens is 435 g/mol. The molecular formula is C24H24F3N3O3. The quantitative estimate of drug-likeness (QED) is 0.442. The smallest absolute Gasteiger partial charge is 0.324 e. The van der Waals surface area contributed by atoms with Crippen molar-refractivity contribution < 1.29 is 27.2 Å². The van der Waals surface area contributed by atoms with Crippen LogP contribution >= 0.6 is 0 Å². The molecule has 6 nitrogen and oxygen atoms in total. The minimum atomic E-state index is -0.909. The number of rotatable bonds is 7. The van der Waals surface area contributed by atoms with Gasteiger partial charge in [0.15, 0.2) is 23.2 Å². The van der Waals surface area contributed by atoms with Crippen LogP contribution in [-0.2, 0) is 0 Å². The molecule has 2 aromatic carbocycles. The minimum Gasteiger partial charge on any atom is -0.487 e. The van der Waals surface area contributed by atoms with Crippen molar-refractivity contribution in [2.24, 2.45) is 5.92 Å². The van der Waals surface area contributed by atoms with Gasteiger partial charge in [-0.15, -0.1) is 0 Å². The molecule has 174 valence electrons. The van der Waals surface area contributed by atoms with Crippen LogP contribution in [0.3, 0.4) is 0 Å². The Labute approximate surface area is 189 Å². The van der Waals surface area contributed by atoms with E-state index in [4.69, 9.17) is 9.26 Å². The number of hydrogen-bond acceptors (Lipinski definition) is 6. The molecule has 0 N–H and O–H groups in total. The van der Waals surface area contributed by atoms with Crippen LogP contribution in [-0.4, -0.2) is 36.1 Å². The topological polar surface area (TPSA) is 68.5 Å². The van der Waals surface area contributed by atoms with Crippen molar-refractivity contribution in [3.63, 3.8) is 0 Å². The highest BCUT2D eigenvalue weighted by Gasteiger charge is 2.25. The zero-order valence-corrected chi connectivity index (χ0v) is 18.4. The van der Waals surface area contributed by atoms with Gasteiger partial charge in [-0.3, -0.25) is 4.79 Å². The van der Waals surface area contributed by atoms with Crippen LogP contribution in [0.1, 0.15) is 48.8 Å². The summed E-state index contributed by atoms with van der Waals surface area (Å²) in [5.41, 5.74) is 0.169. The van der Waals surface area contributed by atoms with Gasteiger partial charge in [0.2, 0.25) is 0 Å². The lowest BCUT2D eigenvalue weighted by atomic mass is 9.98. The Morgan fingerprint density at radius 3 is 2.39 bits per heavy atom. The summed E-state index contributed by atoms with van der Waals surface area (Å²) in [5.74, 6) is -2.09. The van der Waals surface area contributed by atoms with Crippen molar-refractivity contribution in [1.82, 2.24) is 10.1 Å². The highest BCUT2D eigenvalue weighted by atomic mass is 19.1. The second-order valence-electron chi connectivity index (χ2n) is 8.46. The molecule has 0 spiro atoms. The fourth-order valence-electron chi connectivity index (χ4n) is 3.77. The minimum absolute atomic E-state index is 0.000952. The fourth-order valence-corrected chi connectivity index (χ4v) is 3.77. The molecule has 0 aliphatic carbocycles. The molecule has 33 heavy (non-hydrogen) atoms. The summed E-state index contributed by atoms with van der Waals surface area (Å²) in [4.78, 5) is 17.2. The van der Waals surface area contributed by atoms with Crippen molar-refractivity contribution in [3.8, 4) is 16.9 Å². The number of benzene rings is 2. The summed E-state index contributed by atoms with van der Waals surface area (Å²) in [5, 5.41) is 3.97. The van der Waals surface area contributed by atoms with Gasteiger partial charge in [0.1, 0.15) is 12.1 Å². The van der Waals surface area contributed by atoms with E-state index >= 15 is 0 Å². The van der Waals surface area contributed by atoms with E-state index in [1.54, 1.807) is 0 Å². The van der Waals surface area contributed by atoms with Gasteiger partial charge in [-0.25, -0.2) is 13.2 Å². The summed E-state index contributed by atoms with van der Waals surface area (Å²) >= 11 is 0. The van der Waals surface area contributed by atoms with E-state index in [-0.39, 0.29) is 35.1 Å². The standard InChI is InChI=1S/C24H24F3N3O3/c1-14(2)23-28-24(33-29-23)30-7-5-15(6-8-30)13-32-22-20(26)10-17(11-21(22)27)18-4-3-16(12-31)9-19(18)25/h3-4,9-12,14-15H,5-8,13H2,1-2H3. The van der Waals surface area contributed by atoms with Crippen LogP contribution < -0.4 is 9.64 Å². The van der Waals surface area contributed by atoms with E-state index in [0.29, 0.717) is 31.2 Å². The van der Waals surface area contributed by atoms with Gasteiger partial charge in [0.05, 0.1) is 6.61 Å². The number of nitrogens with zero attached hydrogens (tertiary/aromatic N) is 3. The number of carbonyl (C=O) groups excluding carboxylic acids is 1. The molecule has 1 aromatic heterocycles. The van der Waals surface area contributed by atoms with Gasteiger partial charge in [-0.2, -0.15) is 4.98 Å². The van der Waals surface area contributed by atoms with Crippen molar-refractivity contribution in [1.29, 1.82) is 0 Å². The first-order valence-corrected chi connectivity index (χ1v) is 10.8. The van der Waals surface area contributed by atoms with Gasteiger partial charge in [0.25, 0.3) is 0 Å². The summed E-state index contributed by atoms with van der Waals surface area (Å²) in [6.07, 6.45) is 1.99. The van der Waals surface area contributed by atoms with Gasteiger partial charge >= 0.3 is 6.01 Å². The first kappa shape index (κ1) is 22.8. The highest BCUT2D eigenvalue weighted by Crippen LogP contribution is 2.32. The molecule has 1 aliphatic heterocycles. The summed E-state index contributed by atoms with van der Waals surface area (Å²) in [7, 11) is 0. The lowest BCUT2D eigenvalue weighted by Crippen LogP contribution is -2.35. The Kier molecular flexibility index (Phi) is 6.67. The van der Waals surface area contributed by atoms with Crippen molar-refractivity contribution in [3.05, 3.63) is 59.2 Å². The van der Waals surface area contributed by atoms with Crippen LogP contribution in [0, 0.1) is 23.4 Å².